The van der Waals surface area contributed by atoms with Crippen molar-refractivity contribution in [1.29, 1.82) is 0 Å². The standard InChI is InChI=1S/C13H16N4O2S/c1-4-19-11-9(6-5-7-14-11)10(18)15-13-17-16-12(20-13)8(2)3/h5-8H,4H2,1-3H3,(H,15,17,18). The van der Waals surface area contributed by atoms with Gasteiger partial charge in [0.25, 0.3) is 5.91 Å². The molecular weight excluding hydrogens is 276 g/mol. The first-order valence-corrected chi connectivity index (χ1v) is 7.16. The predicted molar refractivity (Wildman–Crippen MR) is 77.4 cm³/mol. The van der Waals surface area contributed by atoms with Gasteiger partial charge in [-0.1, -0.05) is 25.2 Å². The van der Waals surface area contributed by atoms with Gasteiger partial charge >= 0.3 is 0 Å². The lowest BCUT2D eigenvalue weighted by atomic mass is 10.2. The van der Waals surface area contributed by atoms with Gasteiger partial charge in [-0.3, -0.25) is 10.1 Å². The zero-order chi connectivity index (χ0) is 14.5. The number of aromatic nitrogens is 3. The Morgan fingerprint density at radius 3 is 2.90 bits per heavy atom. The number of hydrogen-bond acceptors (Lipinski definition) is 6. The maximum Gasteiger partial charge on any atom is 0.262 e. The van der Waals surface area contributed by atoms with E-state index in [2.05, 4.69) is 20.5 Å². The summed E-state index contributed by atoms with van der Waals surface area (Å²) in [5, 5.41) is 12.1. The second-order valence-corrected chi connectivity index (χ2v) is 5.35. The Balaban J connectivity index is 2.15. The van der Waals surface area contributed by atoms with E-state index in [0.717, 1.165) is 5.01 Å². The summed E-state index contributed by atoms with van der Waals surface area (Å²) in [5.41, 5.74) is 0.385. The summed E-state index contributed by atoms with van der Waals surface area (Å²) in [6.07, 6.45) is 1.59. The van der Waals surface area contributed by atoms with E-state index in [0.29, 0.717) is 23.2 Å². The number of hydrogen-bond donors (Lipinski definition) is 1. The minimum atomic E-state index is -0.298. The van der Waals surface area contributed by atoms with E-state index < -0.39 is 0 Å². The van der Waals surface area contributed by atoms with E-state index >= 15 is 0 Å². The van der Waals surface area contributed by atoms with E-state index in [4.69, 9.17) is 4.74 Å². The van der Waals surface area contributed by atoms with Gasteiger partial charge < -0.3 is 4.74 Å². The number of nitrogens with one attached hydrogen (secondary N) is 1. The Morgan fingerprint density at radius 1 is 1.45 bits per heavy atom. The van der Waals surface area contributed by atoms with Crippen LogP contribution < -0.4 is 10.1 Å². The SMILES string of the molecule is CCOc1ncccc1C(=O)Nc1nnc(C(C)C)s1. The lowest BCUT2D eigenvalue weighted by molar-refractivity contribution is 0.102. The van der Waals surface area contributed by atoms with Crippen LogP contribution in [0.2, 0.25) is 0 Å². The molecule has 0 atom stereocenters. The summed E-state index contributed by atoms with van der Waals surface area (Å²) in [7, 11) is 0. The van der Waals surface area contributed by atoms with Crippen molar-refractivity contribution in [2.75, 3.05) is 11.9 Å². The molecule has 2 aromatic rings. The number of pyridine rings is 1. The number of rotatable bonds is 5. The lowest BCUT2D eigenvalue weighted by Crippen LogP contribution is -2.14. The largest absolute Gasteiger partial charge is 0.477 e. The van der Waals surface area contributed by atoms with E-state index in [1.54, 1.807) is 18.3 Å². The molecule has 0 spiro atoms. The van der Waals surface area contributed by atoms with Gasteiger partial charge in [0.05, 0.1) is 6.61 Å². The van der Waals surface area contributed by atoms with Crippen LogP contribution in [0.25, 0.3) is 0 Å². The molecule has 0 aliphatic heterocycles. The summed E-state index contributed by atoms with van der Waals surface area (Å²) >= 11 is 1.37. The summed E-state index contributed by atoms with van der Waals surface area (Å²) in [6.45, 7) is 6.35. The van der Waals surface area contributed by atoms with Gasteiger partial charge in [0.15, 0.2) is 0 Å². The normalized spacial score (nSPS) is 10.6. The van der Waals surface area contributed by atoms with Crippen molar-refractivity contribution >= 4 is 22.4 Å². The van der Waals surface area contributed by atoms with Crippen LogP contribution in [0.3, 0.4) is 0 Å². The Kier molecular flexibility index (Phi) is 4.62. The highest BCUT2D eigenvalue weighted by Gasteiger charge is 2.16. The second kappa shape index (κ2) is 6.42. The van der Waals surface area contributed by atoms with Crippen LogP contribution in [0.4, 0.5) is 5.13 Å². The Hall–Kier alpha value is -2.02. The number of carbonyl (C=O) groups is 1. The molecule has 7 heteroatoms. The fraction of sp³-hybridized carbons (Fsp3) is 0.385. The molecule has 2 heterocycles. The molecule has 2 aromatic heterocycles. The minimum absolute atomic E-state index is 0.288. The third kappa shape index (κ3) is 3.30. The smallest absolute Gasteiger partial charge is 0.262 e. The van der Waals surface area contributed by atoms with E-state index in [-0.39, 0.29) is 11.8 Å². The van der Waals surface area contributed by atoms with Crippen molar-refractivity contribution < 1.29 is 9.53 Å². The first kappa shape index (κ1) is 14.4. The molecule has 0 fully saturated rings. The third-order valence-electron chi connectivity index (χ3n) is 2.45. The quantitative estimate of drug-likeness (QED) is 0.916. The van der Waals surface area contributed by atoms with Crippen molar-refractivity contribution in [3.8, 4) is 5.88 Å². The number of carbonyl (C=O) groups excluding carboxylic acids is 1. The molecule has 0 bridgehead atoms. The van der Waals surface area contributed by atoms with E-state index in [9.17, 15) is 4.79 Å². The first-order chi connectivity index (χ1) is 9.61. The molecule has 0 radical (unpaired) electrons. The van der Waals surface area contributed by atoms with Crippen molar-refractivity contribution in [1.82, 2.24) is 15.2 Å². The predicted octanol–water partition coefficient (Wildman–Crippen LogP) is 2.71. The van der Waals surface area contributed by atoms with Crippen LogP contribution in [-0.2, 0) is 0 Å². The molecule has 20 heavy (non-hydrogen) atoms. The van der Waals surface area contributed by atoms with E-state index in [1.807, 2.05) is 20.8 Å². The summed E-state index contributed by atoms with van der Waals surface area (Å²) < 4.78 is 5.33. The van der Waals surface area contributed by atoms with Crippen LogP contribution in [-0.4, -0.2) is 27.7 Å². The topological polar surface area (TPSA) is 77.0 Å². The summed E-state index contributed by atoms with van der Waals surface area (Å²) in [6, 6.07) is 3.36. The molecule has 6 nitrogen and oxygen atoms in total. The van der Waals surface area contributed by atoms with E-state index in [1.165, 1.54) is 11.3 Å². The Morgan fingerprint density at radius 2 is 2.25 bits per heavy atom. The number of ether oxygens (including phenoxy) is 1. The van der Waals surface area contributed by atoms with Crippen molar-refractivity contribution in [3.63, 3.8) is 0 Å². The maximum atomic E-state index is 12.2. The van der Waals surface area contributed by atoms with Crippen molar-refractivity contribution in [2.45, 2.75) is 26.7 Å². The van der Waals surface area contributed by atoms with Crippen LogP contribution in [0.15, 0.2) is 18.3 Å². The molecule has 106 valence electrons. The molecule has 0 aromatic carbocycles. The van der Waals surface area contributed by atoms with Crippen LogP contribution >= 0.6 is 11.3 Å². The zero-order valence-electron chi connectivity index (χ0n) is 11.6. The van der Waals surface area contributed by atoms with Crippen molar-refractivity contribution in [2.24, 2.45) is 0 Å². The van der Waals surface area contributed by atoms with Crippen molar-refractivity contribution in [3.05, 3.63) is 28.9 Å². The Labute approximate surface area is 121 Å². The molecule has 0 saturated heterocycles. The van der Waals surface area contributed by atoms with Gasteiger partial charge in [0.1, 0.15) is 10.6 Å². The summed E-state index contributed by atoms with van der Waals surface area (Å²) in [4.78, 5) is 16.2. The van der Waals surface area contributed by atoms with Gasteiger partial charge in [-0.15, -0.1) is 10.2 Å². The molecule has 0 aliphatic carbocycles. The fourth-order valence-corrected chi connectivity index (χ4v) is 2.24. The number of nitrogens with zero attached hydrogens (tertiary/aromatic N) is 3. The average Bonchev–Trinajstić information content (AvgIpc) is 2.88. The highest BCUT2D eigenvalue weighted by atomic mass is 32.1. The lowest BCUT2D eigenvalue weighted by Gasteiger charge is -2.07. The molecule has 1 N–H and O–H groups in total. The highest BCUT2D eigenvalue weighted by molar-refractivity contribution is 7.15. The monoisotopic (exact) mass is 292 g/mol. The third-order valence-corrected chi connectivity index (χ3v) is 3.59. The molecule has 1 amide bonds. The van der Waals surface area contributed by atoms with Crippen LogP contribution in [0, 0.1) is 0 Å². The average molecular weight is 292 g/mol. The molecule has 0 saturated carbocycles. The fourth-order valence-electron chi connectivity index (χ4n) is 1.50. The molecule has 0 aliphatic rings. The molecular formula is C13H16N4O2S. The molecule has 0 unspecified atom stereocenters. The zero-order valence-corrected chi connectivity index (χ0v) is 12.4. The molecule has 2 rings (SSSR count). The maximum absolute atomic E-state index is 12.2. The van der Waals surface area contributed by atoms with Gasteiger partial charge in [-0.05, 0) is 19.1 Å². The number of anilines is 1. The van der Waals surface area contributed by atoms with Crippen LogP contribution in [0.5, 0.6) is 5.88 Å². The first-order valence-electron chi connectivity index (χ1n) is 6.34. The van der Waals surface area contributed by atoms with Gasteiger partial charge in [0.2, 0.25) is 11.0 Å². The van der Waals surface area contributed by atoms with Gasteiger partial charge in [0, 0.05) is 12.1 Å². The number of amides is 1. The Bertz CT molecular complexity index is 598. The highest BCUT2D eigenvalue weighted by Crippen LogP contribution is 2.23. The van der Waals surface area contributed by atoms with Gasteiger partial charge in [-0.2, -0.15) is 0 Å². The second-order valence-electron chi connectivity index (χ2n) is 4.34. The minimum Gasteiger partial charge on any atom is -0.477 e. The summed E-state index contributed by atoms with van der Waals surface area (Å²) in [5.74, 6) is 0.310. The van der Waals surface area contributed by atoms with Crippen LogP contribution in [0.1, 0.15) is 42.1 Å². The van der Waals surface area contributed by atoms with Gasteiger partial charge in [-0.25, -0.2) is 4.98 Å².